The van der Waals surface area contributed by atoms with E-state index in [-0.39, 0.29) is 6.61 Å². The van der Waals surface area contributed by atoms with Gasteiger partial charge in [0.05, 0.1) is 11.6 Å². The van der Waals surface area contributed by atoms with E-state index in [0.29, 0.717) is 11.6 Å². The molecule has 0 aromatic heterocycles. The molecule has 0 bridgehead atoms. The zero-order valence-electron chi connectivity index (χ0n) is 12.0. The summed E-state index contributed by atoms with van der Waals surface area (Å²) in [6.07, 6.45) is -4.88. The normalized spacial score (nSPS) is 12.9. The quantitative estimate of drug-likeness (QED) is 0.805. The second-order valence-electron chi connectivity index (χ2n) is 4.70. The maximum absolute atomic E-state index is 13.3. The lowest BCUT2D eigenvalue weighted by molar-refractivity contribution is -0.139. The molecule has 0 aliphatic heterocycles. The third-order valence-electron chi connectivity index (χ3n) is 3.14. The molecule has 4 nitrogen and oxygen atoms in total. The van der Waals surface area contributed by atoms with E-state index in [2.05, 4.69) is 0 Å². The predicted molar refractivity (Wildman–Crippen MR) is 80.3 cm³/mol. The van der Waals surface area contributed by atoms with Gasteiger partial charge in [-0.15, -0.1) is 0 Å². The molecule has 0 spiro atoms. The number of ether oxygens (including phenoxy) is 1. The van der Waals surface area contributed by atoms with E-state index in [4.69, 9.17) is 16.3 Å². The Balaban J connectivity index is 2.58. The van der Waals surface area contributed by atoms with Crippen LogP contribution in [0.5, 0.6) is 5.75 Å². The highest BCUT2D eigenvalue weighted by molar-refractivity contribution is 7.79. The van der Waals surface area contributed by atoms with E-state index >= 15 is 0 Å². The van der Waals surface area contributed by atoms with Gasteiger partial charge in [0.25, 0.3) is 0 Å². The van der Waals surface area contributed by atoms with Crippen LogP contribution < -0.4 is 4.74 Å². The first-order valence-corrected chi connectivity index (χ1v) is 8.00. The summed E-state index contributed by atoms with van der Waals surface area (Å²) in [7, 11) is 0. The van der Waals surface area contributed by atoms with Crippen LogP contribution in [-0.2, 0) is 30.5 Å². The van der Waals surface area contributed by atoms with Gasteiger partial charge in [-0.2, -0.15) is 13.2 Å². The average molecular weight is 380 g/mol. The minimum absolute atomic E-state index is 0.248. The summed E-state index contributed by atoms with van der Waals surface area (Å²) in [5, 5.41) is 8.55. The number of hydrogen-bond acceptors (Lipinski definition) is 4. The van der Waals surface area contributed by atoms with E-state index in [1.54, 1.807) is 30.3 Å². The van der Waals surface area contributed by atoms with E-state index in [0.717, 1.165) is 0 Å². The Labute approximate surface area is 143 Å². The van der Waals surface area contributed by atoms with Gasteiger partial charge in [0.15, 0.2) is 0 Å². The molecule has 0 radical (unpaired) electrons. The molecule has 0 amide bonds. The first-order valence-electron chi connectivity index (χ1n) is 6.55. The Kier molecular flexibility index (Phi) is 5.87. The Morgan fingerprint density at radius 2 is 1.88 bits per heavy atom. The molecule has 1 N–H and O–H groups in total. The number of aliphatic hydroxyl groups is 1. The van der Waals surface area contributed by atoms with Crippen LogP contribution in [0.2, 0.25) is 5.02 Å². The van der Waals surface area contributed by atoms with E-state index < -0.39 is 50.7 Å². The molecule has 2 aromatic carbocycles. The van der Waals surface area contributed by atoms with E-state index in [1.807, 2.05) is 0 Å². The van der Waals surface area contributed by atoms with Crippen LogP contribution in [0.4, 0.5) is 13.2 Å². The first-order chi connectivity index (χ1) is 11.3. The van der Waals surface area contributed by atoms with Crippen molar-refractivity contribution in [1.29, 1.82) is 0 Å². The van der Waals surface area contributed by atoms with Crippen molar-refractivity contribution in [2.75, 3.05) is 0 Å². The van der Waals surface area contributed by atoms with Gasteiger partial charge in [0.2, 0.25) is 0 Å². The lowest BCUT2D eigenvalue weighted by Gasteiger charge is -2.22. The maximum Gasteiger partial charge on any atom is 0.421 e. The molecular formula is C15H11ClF3O4S-. The molecule has 9 heteroatoms. The number of aliphatic hydroxyl groups excluding tert-OH is 1. The minimum atomic E-state index is -4.88. The van der Waals surface area contributed by atoms with Crippen LogP contribution >= 0.6 is 11.6 Å². The zero-order chi connectivity index (χ0) is 17.9. The number of rotatable bonds is 5. The topological polar surface area (TPSA) is 69.6 Å². The summed E-state index contributed by atoms with van der Waals surface area (Å²) < 4.78 is 67.5. The minimum Gasteiger partial charge on any atom is -0.768 e. The summed E-state index contributed by atoms with van der Waals surface area (Å²) in [4.78, 5) is -0.543. The lowest BCUT2D eigenvalue weighted by atomic mass is 10.1. The monoisotopic (exact) mass is 379 g/mol. The summed E-state index contributed by atoms with van der Waals surface area (Å²) in [5.41, 5.74) is -1.24. The molecule has 0 heterocycles. The van der Waals surface area contributed by atoms with Gasteiger partial charge >= 0.3 is 6.18 Å². The van der Waals surface area contributed by atoms with Gasteiger partial charge < -0.3 is 14.4 Å². The van der Waals surface area contributed by atoms with Crippen molar-refractivity contribution in [3.05, 3.63) is 58.1 Å². The molecule has 0 fully saturated rings. The highest BCUT2D eigenvalue weighted by Gasteiger charge is 2.39. The van der Waals surface area contributed by atoms with Crippen LogP contribution in [0.15, 0.2) is 41.3 Å². The maximum atomic E-state index is 13.3. The fraction of sp³-hybridized carbons (Fsp3) is 0.200. The van der Waals surface area contributed by atoms with Crippen LogP contribution in [-0.4, -0.2) is 13.9 Å². The van der Waals surface area contributed by atoms with Crippen molar-refractivity contribution in [3.8, 4) is 5.75 Å². The van der Waals surface area contributed by atoms with Crippen molar-refractivity contribution < 1.29 is 31.8 Å². The van der Waals surface area contributed by atoms with Gasteiger partial charge in [-0.05, 0) is 22.7 Å². The number of hydrogen-bond donors (Lipinski definition) is 1. The second kappa shape index (κ2) is 7.52. The van der Waals surface area contributed by atoms with Crippen molar-refractivity contribution in [1.82, 2.24) is 0 Å². The molecule has 0 saturated carbocycles. The Bertz CT molecular complexity index is 751. The predicted octanol–water partition coefficient (Wildman–Crippen LogP) is 3.67. The van der Waals surface area contributed by atoms with Crippen molar-refractivity contribution in [2.24, 2.45) is 0 Å². The molecule has 130 valence electrons. The average Bonchev–Trinajstić information content (AvgIpc) is 2.51. The molecular weight excluding hydrogens is 369 g/mol. The van der Waals surface area contributed by atoms with E-state index in [9.17, 15) is 27.0 Å². The van der Waals surface area contributed by atoms with Gasteiger partial charge in [0, 0.05) is 10.5 Å². The molecule has 0 aliphatic carbocycles. The fourth-order valence-corrected chi connectivity index (χ4v) is 3.04. The molecule has 24 heavy (non-hydrogen) atoms. The molecule has 1 atom stereocenters. The summed E-state index contributed by atoms with van der Waals surface area (Å²) in [5.74, 6) is -0.791. The third kappa shape index (κ3) is 4.07. The zero-order valence-corrected chi connectivity index (χ0v) is 13.5. The van der Waals surface area contributed by atoms with Crippen LogP contribution in [0.3, 0.4) is 0 Å². The van der Waals surface area contributed by atoms with Crippen LogP contribution in [0, 0.1) is 0 Å². The highest BCUT2D eigenvalue weighted by Crippen LogP contribution is 2.45. The lowest BCUT2D eigenvalue weighted by Crippen LogP contribution is -2.14. The van der Waals surface area contributed by atoms with Gasteiger partial charge in [0.1, 0.15) is 17.9 Å². The van der Waals surface area contributed by atoms with Gasteiger partial charge in [-0.1, -0.05) is 41.9 Å². The molecule has 2 rings (SSSR count). The highest BCUT2D eigenvalue weighted by atomic mass is 35.5. The number of halogens is 4. The van der Waals surface area contributed by atoms with Crippen LogP contribution in [0.25, 0.3) is 0 Å². The number of alkyl halides is 3. The van der Waals surface area contributed by atoms with Crippen molar-refractivity contribution in [2.45, 2.75) is 24.3 Å². The smallest absolute Gasteiger partial charge is 0.421 e. The first kappa shape index (κ1) is 18.7. The summed E-state index contributed by atoms with van der Waals surface area (Å²) in [6, 6.07) is 8.97. The Morgan fingerprint density at radius 3 is 2.38 bits per heavy atom. The van der Waals surface area contributed by atoms with Crippen molar-refractivity contribution >= 4 is 22.7 Å². The molecule has 0 saturated heterocycles. The van der Waals surface area contributed by atoms with Gasteiger partial charge in [-0.25, -0.2) is 0 Å². The third-order valence-corrected chi connectivity index (χ3v) is 4.16. The van der Waals surface area contributed by atoms with E-state index in [1.165, 1.54) is 0 Å². The second-order valence-corrected chi connectivity index (χ2v) is 6.02. The molecule has 2 aromatic rings. The molecule has 0 aliphatic rings. The SMILES string of the molecule is O=S([O-])c1cc(Cl)c(C(F)(F)F)c(OCc2ccccc2)c1CO. The number of benzene rings is 2. The molecule has 1 unspecified atom stereocenters. The summed E-state index contributed by atoms with van der Waals surface area (Å²) >= 11 is 2.73. The largest absolute Gasteiger partial charge is 0.768 e. The van der Waals surface area contributed by atoms with Crippen molar-refractivity contribution in [3.63, 3.8) is 0 Å². The van der Waals surface area contributed by atoms with Crippen LogP contribution in [0.1, 0.15) is 16.7 Å². The summed E-state index contributed by atoms with van der Waals surface area (Å²) in [6.45, 7) is -1.20. The fourth-order valence-electron chi connectivity index (χ4n) is 2.10. The standard InChI is InChI=1S/C15H12ClF3O4S/c16-11-6-12(24(21)22)10(7-20)14(13(11)15(17,18)19)23-8-9-4-2-1-3-5-9/h1-6,20H,7-8H2,(H,21,22)/p-1. The Morgan fingerprint density at radius 1 is 1.25 bits per heavy atom. The Hall–Kier alpha value is -1.61. The van der Waals surface area contributed by atoms with Gasteiger partial charge in [-0.3, -0.25) is 4.21 Å².